The number of nitrogens with zero attached hydrogens (tertiary/aromatic N) is 1. The second-order valence-corrected chi connectivity index (χ2v) is 7.00. The standard InChI is InChI=1S/C17H24FN3O3/c1-17(2,3)14(20-16(19)23)15(22)21-8-9-24-13(10-21)11-4-6-12(18)7-5-11/h4-7,13-14H,8-10H2,1-3H3,(H3,19,20,23)/t13-,14+/m0/s1. The number of hydrogen-bond donors (Lipinski definition) is 2. The maximum atomic E-state index is 13.1. The van der Waals surface area contributed by atoms with E-state index in [1.807, 2.05) is 20.8 Å². The number of nitrogens with two attached hydrogens (primary N) is 1. The van der Waals surface area contributed by atoms with Gasteiger partial charge in [-0.1, -0.05) is 32.9 Å². The van der Waals surface area contributed by atoms with Crippen LogP contribution in [0, 0.1) is 11.2 Å². The summed E-state index contributed by atoms with van der Waals surface area (Å²) in [7, 11) is 0. The Kier molecular flexibility index (Phi) is 5.43. The molecule has 2 atom stereocenters. The van der Waals surface area contributed by atoms with Gasteiger partial charge in [0.05, 0.1) is 13.2 Å². The first-order chi connectivity index (χ1) is 11.2. The average molecular weight is 337 g/mol. The normalized spacial score (nSPS) is 19.7. The fourth-order valence-corrected chi connectivity index (χ4v) is 2.70. The van der Waals surface area contributed by atoms with E-state index in [-0.39, 0.29) is 17.8 Å². The quantitative estimate of drug-likeness (QED) is 0.882. The molecule has 7 heteroatoms. The minimum Gasteiger partial charge on any atom is -0.370 e. The Hall–Kier alpha value is -2.15. The maximum Gasteiger partial charge on any atom is 0.312 e. The van der Waals surface area contributed by atoms with Crippen LogP contribution in [-0.4, -0.2) is 42.6 Å². The molecular weight excluding hydrogens is 313 g/mol. The van der Waals surface area contributed by atoms with E-state index in [2.05, 4.69) is 5.32 Å². The Labute approximate surface area is 141 Å². The van der Waals surface area contributed by atoms with Crippen LogP contribution in [0.2, 0.25) is 0 Å². The summed E-state index contributed by atoms with van der Waals surface area (Å²) in [6.45, 7) is 6.75. The van der Waals surface area contributed by atoms with Crippen LogP contribution in [0.4, 0.5) is 9.18 Å². The number of hydrogen-bond acceptors (Lipinski definition) is 3. The summed E-state index contributed by atoms with van der Waals surface area (Å²) in [5.41, 5.74) is 5.54. The maximum absolute atomic E-state index is 13.1. The van der Waals surface area contributed by atoms with Crippen molar-refractivity contribution in [1.29, 1.82) is 0 Å². The minimum atomic E-state index is -0.730. The Morgan fingerprint density at radius 2 is 1.96 bits per heavy atom. The number of morpholine rings is 1. The van der Waals surface area contributed by atoms with Crippen LogP contribution >= 0.6 is 0 Å². The van der Waals surface area contributed by atoms with Crippen LogP contribution in [0.3, 0.4) is 0 Å². The van der Waals surface area contributed by atoms with Crippen molar-refractivity contribution in [3.8, 4) is 0 Å². The van der Waals surface area contributed by atoms with E-state index in [1.54, 1.807) is 17.0 Å². The lowest BCUT2D eigenvalue weighted by Crippen LogP contribution is -2.57. The summed E-state index contributed by atoms with van der Waals surface area (Å²) >= 11 is 0. The smallest absolute Gasteiger partial charge is 0.312 e. The highest BCUT2D eigenvalue weighted by Crippen LogP contribution is 2.26. The Bertz CT molecular complexity index is 598. The van der Waals surface area contributed by atoms with Gasteiger partial charge in [-0.2, -0.15) is 0 Å². The monoisotopic (exact) mass is 337 g/mol. The molecule has 1 saturated heterocycles. The number of carbonyl (C=O) groups is 2. The third-order valence-electron chi connectivity index (χ3n) is 4.02. The molecule has 0 saturated carbocycles. The lowest BCUT2D eigenvalue weighted by Gasteiger charge is -2.38. The first-order valence-electron chi connectivity index (χ1n) is 7.90. The molecule has 1 fully saturated rings. The van der Waals surface area contributed by atoms with E-state index in [4.69, 9.17) is 10.5 Å². The second kappa shape index (κ2) is 7.17. The SMILES string of the molecule is CC(C)(C)[C@H](NC(N)=O)C(=O)N1CCO[C@H](c2ccc(F)cc2)C1. The zero-order valence-electron chi connectivity index (χ0n) is 14.2. The molecule has 1 aliphatic rings. The summed E-state index contributed by atoms with van der Waals surface area (Å²) < 4.78 is 18.8. The Balaban J connectivity index is 2.13. The van der Waals surface area contributed by atoms with Gasteiger partial charge in [0.15, 0.2) is 0 Å². The molecule has 3 amide bonds. The summed E-state index contributed by atoms with van der Waals surface area (Å²) in [5.74, 6) is -0.516. The molecule has 24 heavy (non-hydrogen) atoms. The molecule has 0 spiro atoms. The zero-order chi connectivity index (χ0) is 17.9. The van der Waals surface area contributed by atoms with Crippen LogP contribution in [-0.2, 0) is 9.53 Å². The summed E-state index contributed by atoms with van der Waals surface area (Å²) in [4.78, 5) is 25.7. The Morgan fingerprint density at radius 1 is 1.33 bits per heavy atom. The van der Waals surface area contributed by atoms with Crippen molar-refractivity contribution in [2.24, 2.45) is 11.1 Å². The molecule has 1 aliphatic heterocycles. The molecule has 0 aromatic heterocycles. The van der Waals surface area contributed by atoms with Gasteiger partial charge in [0, 0.05) is 6.54 Å². The highest BCUT2D eigenvalue weighted by atomic mass is 19.1. The fraction of sp³-hybridized carbons (Fsp3) is 0.529. The molecule has 1 aromatic rings. The third kappa shape index (κ3) is 4.44. The van der Waals surface area contributed by atoms with Gasteiger partial charge in [-0.05, 0) is 23.1 Å². The molecule has 2 rings (SSSR count). The molecular formula is C17H24FN3O3. The summed E-state index contributed by atoms with van der Waals surface area (Å²) in [5, 5.41) is 2.54. The van der Waals surface area contributed by atoms with E-state index in [9.17, 15) is 14.0 Å². The number of nitrogens with one attached hydrogen (secondary N) is 1. The topological polar surface area (TPSA) is 84.7 Å². The van der Waals surface area contributed by atoms with E-state index in [0.717, 1.165) is 5.56 Å². The number of amides is 3. The van der Waals surface area contributed by atoms with Crippen molar-refractivity contribution >= 4 is 11.9 Å². The van der Waals surface area contributed by atoms with Crippen LogP contribution in [0.25, 0.3) is 0 Å². The number of benzene rings is 1. The second-order valence-electron chi connectivity index (χ2n) is 7.00. The zero-order valence-corrected chi connectivity index (χ0v) is 14.2. The first-order valence-corrected chi connectivity index (χ1v) is 7.90. The highest BCUT2D eigenvalue weighted by Gasteiger charge is 2.37. The number of carbonyl (C=O) groups excluding carboxylic acids is 2. The lowest BCUT2D eigenvalue weighted by atomic mass is 9.85. The number of urea groups is 1. The molecule has 3 N–H and O–H groups in total. The van der Waals surface area contributed by atoms with E-state index in [0.29, 0.717) is 19.7 Å². The van der Waals surface area contributed by atoms with Gasteiger partial charge < -0.3 is 20.7 Å². The number of ether oxygens (including phenoxy) is 1. The van der Waals surface area contributed by atoms with Gasteiger partial charge in [-0.3, -0.25) is 4.79 Å². The Morgan fingerprint density at radius 3 is 2.50 bits per heavy atom. The van der Waals surface area contributed by atoms with Crippen molar-refractivity contribution in [2.45, 2.75) is 32.9 Å². The first kappa shape index (κ1) is 18.2. The minimum absolute atomic E-state index is 0.197. The molecule has 0 aliphatic carbocycles. The van der Waals surface area contributed by atoms with Crippen molar-refractivity contribution in [3.05, 3.63) is 35.6 Å². The van der Waals surface area contributed by atoms with E-state index < -0.39 is 17.5 Å². The molecule has 0 radical (unpaired) electrons. The summed E-state index contributed by atoms with van der Waals surface area (Å²) in [6.07, 6.45) is -0.322. The van der Waals surface area contributed by atoms with E-state index >= 15 is 0 Å². The van der Waals surface area contributed by atoms with Crippen molar-refractivity contribution in [1.82, 2.24) is 10.2 Å². The van der Waals surface area contributed by atoms with Gasteiger partial charge in [-0.25, -0.2) is 9.18 Å². The van der Waals surface area contributed by atoms with Gasteiger partial charge >= 0.3 is 6.03 Å². The van der Waals surface area contributed by atoms with Crippen molar-refractivity contribution in [2.75, 3.05) is 19.7 Å². The van der Waals surface area contributed by atoms with Crippen LogP contribution in [0.15, 0.2) is 24.3 Å². The molecule has 6 nitrogen and oxygen atoms in total. The van der Waals surface area contributed by atoms with Gasteiger partial charge in [0.1, 0.15) is 18.0 Å². The highest BCUT2D eigenvalue weighted by molar-refractivity contribution is 5.87. The van der Waals surface area contributed by atoms with Crippen molar-refractivity contribution < 1.29 is 18.7 Å². The number of primary amides is 1. The van der Waals surface area contributed by atoms with Crippen molar-refractivity contribution in [3.63, 3.8) is 0 Å². The van der Waals surface area contributed by atoms with Crippen LogP contribution in [0.1, 0.15) is 32.4 Å². The molecule has 1 aromatic carbocycles. The number of halogens is 1. The third-order valence-corrected chi connectivity index (χ3v) is 4.02. The average Bonchev–Trinajstić information content (AvgIpc) is 2.51. The van der Waals surface area contributed by atoms with E-state index in [1.165, 1.54) is 12.1 Å². The van der Waals surface area contributed by atoms with Gasteiger partial charge in [-0.15, -0.1) is 0 Å². The largest absolute Gasteiger partial charge is 0.370 e. The summed E-state index contributed by atoms with van der Waals surface area (Å²) in [6, 6.07) is 4.58. The van der Waals surface area contributed by atoms with Crippen LogP contribution in [0.5, 0.6) is 0 Å². The predicted molar refractivity (Wildman–Crippen MR) is 87.6 cm³/mol. The van der Waals surface area contributed by atoms with Crippen LogP contribution < -0.4 is 11.1 Å². The molecule has 132 valence electrons. The number of rotatable bonds is 3. The molecule has 0 unspecified atom stereocenters. The van der Waals surface area contributed by atoms with Gasteiger partial charge in [0.25, 0.3) is 0 Å². The fourth-order valence-electron chi connectivity index (χ4n) is 2.70. The molecule has 1 heterocycles. The van der Waals surface area contributed by atoms with Gasteiger partial charge in [0.2, 0.25) is 5.91 Å². The predicted octanol–water partition coefficient (Wildman–Crippen LogP) is 1.81. The lowest BCUT2D eigenvalue weighted by molar-refractivity contribution is -0.143. The molecule has 0 bridgehead atoms.